The molecule has 0 spiro atoms. The van der Waals surface area contributed by atoms with E-state index in [1.165, 1.54) is 42.5 Å². The van der Waals surface area contributed by atoms with Gasteiger partial charge in [0.15, 0.2) is 6.10 Å². The molecule has 2 aromatic carbocycles. The second-order valence-electron chi connectivity index (χ2n) is 4.21. The van der Waals surface area contributed by atoms with E-state index in [0.717, 1.165) is 0 Å². The number of halogens is 2. The summed E-state index contributed by atoms with van der Waals surface area (Å²) in [6.07, 6.45) is -0.788. The molecule has 0 unspecified atom stereocenters. The summed E-state index contributed by atoms with van der Waals surface area (Å²) in [5, 5.41) is 2.54. The second-order valence-corrected chi connectivity index (χ2v) is 4.21. The van der Waals surface area contributed by atoms with Crippen LogP contribution in [-0.4, -0.2) is 12.0 Å². The van der Waals surface area contributed by atoms with Crippen molar-refractivity contribution >= 4 is 11.6 Å². The number of ether oxygens (including phenoxy) is 1. The first-order chi connectivity index (χ1) is 9.54. The van der Waals surface area contributed by atoms with Gasteiger partial charge in [-0.3, -0.25) is 4.79 Å². The van der Waals surface area contributed by atoms with Crippen molar-refractivity contribution in [2.45, 2.75) is 13.0 Å². The monoisotopic (exact) mass is 277 g/mol. The minimum absolute atomic E-state index is 0.351. The first-order valence-electron chi connectivity index (χ1n) is 6.03. The number of benzene rings is 2. The van der Waals surface area contributed by atoms with Gasteiger partial charge in [-0.1, -0.05) is 6.07 Å². The van der Waals surface area contributed by atoms with Crippen molar-refractivity contribution in [3.8, 4) is 5.75 Å². The number of nitrogens with one attached hydrogen (secondary N) is 1. The van der Waals surface area contributed by atoms with Gasteiger partial charge in [-0.05, 0) is 49.4 Å². The van der Waals surface area contributed by atoms with E-state index in [1.807, 2.05) is 0 Å². The second kappa shape index (κ2) is 6.14. The van der Waals surface area contributed by atoms with E-state index in [0.29, 0.717) is 11.4 Å². The molecule has 0 aliphatic heterocycles. The van der Waals surface area contributed by atoms with Crippen LogP contribution >= 0.6 is 0 Å². The van der Waals surface area contributed by atoms with Crippen LogP contribution < -0.4 is 10.1 Å². The van der Waals surface area contributed by atoms with E-state index in [4.69, 9.17) is 4.74 Å². The average molecular weight is 277 g/mol. The fraction of sp³-hybridized carbons (Fsp3) is 0.133. The Labute approximate surface area is 115 Å². The maximum atomic E-state index is 13.0. The zero-order chi connectivity index (χ0) is 14.5. The van der Waals surface area contributed by atoms with E-state index in [1.54, 1.807) is 13.0 Å². The van der Waals surface area contributed by atoms with Crippen LogP contribution in [0.5, 0.6) is 5.75 Å². The Morgan fingerprint density at radius 2 is 1.80 bits per heavy atom. The molecule has 1 amide bonds. The van der Waals surface area contributed by atoms with Crippen LogP contribution in [0.3, 0.4) is 0 Å². The van der Waals surface area contributed by atoms with Gasteiger partial charge in [0.25, 0.3) is 5.91 Å². The molecule has 0 aliphatic rings. The number of hydrogen-bond acceptors (Lipinski definition) is 2. The summed E-state index contributed by atoms with van der Waals surface area (Å²) in [7, 11) is 0. The molecular formula is C15H13F2NO2. The maximum Gasteiger partial charge on any atom is 0.265 e. The summed E-state index contributed by atoms with van der Waals surface area (Å²) in [4.78, 5) is 11.9. The number of carbonyl (C=O) groups excluding carboxylic acids is 1. The third-order valence-electron chi connectivity index (χ3n) is 2.59. The lowest BCUT2D eigenvalue weighted by Gasteiger charge is -2.14. The Morgan fingerprint density at radius 3 is 2.45 bits per heavy atom. The Hall–Kier alpha value is -2.43. The van der Waals surface area contributed by atoms with Gasteiger partial charge in [0.05, 0.1) is 0 Å². The third-order valence-corrected chi connectivity index (χ3v) is 2.59. The van der Waals surface area contributed by atoms with Gasteiger partial charge in [0.2, 0.25) is 0 Å². The number of anilines is 1. The van der Waals surface area contributed by atoms with Gasteiger partial charge in [0.1, 0.15) is 17.4 Å². The summed E-state index contributed by atoms with van der Waals surface area (Å²) in [6.45, 7) is 1.55. The predicted molar refractivity (Wildman–Crippen MR) is 71.5 cm³/mol. The average Bonchev–Trinajstić information content (AvgIpc) is 2.41. The van der Waals surface area contributed by atoms with Gasteiger partial charge in [-0.15, -0.1) is 0 Å². The van der Waals surface area contributed by atoms with Gasteiger partial charge in [0, 0.05) is 5.69 Å². The van der Waals surface area contributed by atoms with E-state index in [9.17, 15) is 13.6 Å². The quantitative estimate of drug-likeness (QED) is 0.930. The molecule has 3 nitrogen and oxygen atoms in total. The summed E-state index contributed by atoms with van der Waals surface area (Å²) in [5.41, 5.74) is 0.351. The maximum absolute atomic E-state index is 13.0. The molecule has 0 heterocycles. The molecule has 0 fully saturated rings. The lowest BCUT2D eigenvalue weighted by atomic mass is 10.3. The Kier molecular flexibility index (Phi) is 4.30. The standard InChI is InChI=1S/C15H13F2NO2/c1-10(20-14-7-5-11(16)6-8-14)15(19)18-13-4-2-3-12(17)9-13/h2-10H,1H3,(H,18,19)/t10-/m1/s1. The van der Waals surface area contributed by atoms with Gasteiger partial charge in [-0.2, -0.15) is 0 Å². The summed E-state index contributed by atoms with van der Waals surface area (Å²) in [5.74, 6) is -0.850. The highest BCUT2D eigenvalue weighted by Crippen LogP contribution is 2.14. The molecule has 0 bridgehead atoms. The lowest BCUT2D eigenvalue weighted by Crippen LogP contribution is -2.30. The van der Waals surface area contributed by atoms with Gasteiger partial charge >= 0.3 is 0 Å². The van der Waals surface area contributed by atoms with Crippen molar-refractivity contribution in [1.82, 2.24) is 0 Å². The smallest absolute Gasteiger partial charge is 0.265 e. The van der Waals surface area contributed by atoms with Crippen molar-refractivity contribution in [1.29, 1.82) is 0 Å². The third kappa shape index (κ3) is 3.78. The van der Waals surface area contributed by atoms with Crippen molar-refractivity contribution in [2.24, 2.45) is 0 Å². The number of amides is 1. The molecule has 104 valence electrons. The number of rotatable bonds is 4. The fourth-order valence-electron chi connectivity index (χ4n) is 1.58. The number of carbonyl (C=O) groups is 1. The van der Waals surface area contributed by atoms with Crippen LogP contribution in [0.1, 0.15) is 6.92 Å². The minimum atomic E-state index is -0.788. The highest BCUT2D eigenvalue weighted by Gasteiger charge is 2.15. The van der Waals surface area contributed by atoms with Crippen molar-refractivity contribution < 1.29 is 18.3 Å². The van der Waals surface area contributed by atoms with Crippen LogP contribution in [0.25, 0.3) is 0 Å². The minimum Gasteiger partial charge on any atom is -0.481 e. The molecule has 2 aromatic rings. The molecule has 0 saturated carbocycles. The van der Waals surface area contributed by atoms with Gasteiger partial charge < -0.3 is 10.1 Å². The van der Waals surface area contributed by atoms with Crippen molar-refractivity contribution in [3.05, 3.63) is 60.2 Å². The number of hydrogen-bond donors (Lipinski definition) is 1. The Morgan fingerprint density at radius 1 is 1.10 bits per heavy atom. The summed E-state index contributed by atoms with van der Waals surface area (Å²) >= 11 is 0. The molecule has 0 aromatic heterocycles. The first kappa shape index (κ1) is 14.0. The molecule has 1 N–H and O–H groups in total. The van der Waals surface area contributed by atoms with Crippen LogP contribution in [0.15, 0.2) is 48.5 Å². The zero-order valence-corrected chi connectivity index (χ0v) is 10.8. The Balaban J connectivity index is 1.96. The van der Waals surface area contributed by atoms with Crippen molar-refractivity contribution in [2.75, 3.05) is 5.32 Å². The Bertz CT molecular complexity index is 599. The molecular weight excluding hydrogens is 264 g/mol. The summed E-state index contributed by atoms with van der Waals surface area (Å²) in [6, 6.07) is 10.9. The zero-order valence-electron chi connectivity index (χ0n) is 10.8. The highest BCUT2D eigenvalue weighted by molar-refractivity contribution is 5.94. The molecule has 20 heavy (non-hydrogen) atoms. The molecule has 5 heteroatoms. The predicted octanol–water partition coefficient (Wildman–Crippen LogP) is 3.37. The fourth-order valence-corrected chi connectivity index (χ4v) is 1.58. The van der Waals surface area contributed by atoms with Crippen molar-refractivity contribution in [3.63, 3.8) is 0 Å². The largest absolute Gasteiger partial charge is 0.481 e. The van der Waals surface area contributed by atoms with E-state index in [-0.39, 0.29) is 5.82 Å². The molecule has 0 radical (unpaired) electrons. The SMILES string of the molecule is C[C@@H](Oc1ccc(F)cc1)C(=O)Nc1cccc(F)c1. The molecule has 2 rings (SSSR count). The normalized spacial score (nSPS) is 11.8. The van der Waals surface area contributed by atoms with Crippen LogP contribution in [0.2, 0.25) is 0 Å². The molecule has 0 aliphatic carbocycles. The van der Waals surface area contributed by atoms with Gasteiger partial charge in [-0.25, -0.2) is 8.78 Å². The van der Waals surface area contributed by atoms with E-state index >= 15 is 0 Å². The summed E-state index contributed by atoms with van der Waals surface area (Å²) < 4.78 is 31.1. The van der Waals surface area contributed by atoms with E-state index in [2.05, 4.69) is 5.32 Å². The van der Waals surface area contributed by atoms with Crippen LogP contribution in [0.4, 0.5) is 14.5 Å². The van der Waals surface area contributed by atoms with Crippen LogP contribution in [-0.2, 0) is 4.79 Å². The first-order valence-corrected chi connectivity index (χ1v) is 6.03. The molecule has 1 atom stereocenters. The van der Waals surface area contributed by atoms with Crippen LogP contribution in [0, 0.1) is 11.6 Å². The molecule has 0 saturated heterocycles. The lowest BCUT2D eigenvalue weighted by molar-refractivity contribution is -0.122. The topological polar surface area (TPSA) is 38.3 Å². The van der Waals surface area contributed by atoms with E-state index < -0.39 is 17.8 Å². The highest BCUT2D eigenvalue weighted by atomic mass is 19.1.